The average molecular weight is 579 g/mol. The van der Waals surface area contributed by atoms with E-state index in [1.807, 2.05) is 0 Å². The van der Waals surface area contributed by atoms with Crippen molar-refractivity contribution >= 4 is 35.4 Å². The van der Waals surface area contributed by atoms with Crippen molar-refractivity contribution in [3.63, 3.8) is 0 Å². The van der Waals surface area contributed by atoms with Gasteiger partial charge in [-0.2, -0.15) is 0 Å². The third-order valence-electron chi connectivity index (χ3n) is 5.81. The summed E-state index contributed by atoms with van der Waals surface area (Å²) in [5, 5.41) is 18.5. The zero-order valence-electron chi connectivity index (χ0n) is 22.3. The zero-order valence-corrected chi connectivity index (χ0v) is 22.3. The van der Waals surface area contributed by atoms with Crippen molar-refractivity contribution in [3.05, 3.63) is 106 Å². The third-order valence-corrected chi connectivity index (χ3v) is 5.81. The molecule has 0 aromatic heterocycles. The fourth-order valence-electron chi connectivity index (χ4n) is 3.75. The lowest BCUT2D eigenvalue weighted by Gasteiger charge is -2.19. The molecule has 0 amide bonds. The summed E-state index contributed by atoms with van der Waals surface area (Å²) in [7, 11) is 1.14. The van der Waals surface area contributed by atoms with Crippen molar-refractivity contribution in [1.29, 1.82) is 0 Å². The summed E-state index contributed by atoms with van der Waals surface area (Å²) in [6.45, 7) is -3.02. The topological polar surface area (TPSA) is 180 Å². The molecule has 2 N–H and O–H groups in total. The highest BCUT2D eigenvalue weighted by Crippen LogP contribution is 2.16. The van der Waals surface area contributed by atoms with Crippen LogP contribution < -0.4 is 0 Å². The van der Waals surface area contributed by atoms with Gasteiger partial charge in [-0.05, 0) is 24.3 Å². The first kappa shape index (κ1) is 31.3. The molecule has 12 nitrogen and oxygen atoms in total. The van der Waals surface area contributed by atoms with Crippen LogP contribution in [0.1, 0.15) is 62.1 Å². The van der Waals surface area contributed by atoms with Crippen LogP contribution in [0.25, 0.3) is 0 Å². The van der Waals surface area contributed by atoms with Crippen LogP contribution in [-0.2, 0) is 18.9 Å². The van der Waals surface area contributed by atoms with Gasteiger partial charge in [-0.3, -0.25) is 9.59 Å². The predicted octanol–water partition coefficient (Wildman–Crippen LogP) is 2.06. The molecule has 0 saturated carbocycles. The lowest BCUT2D eigenvalue weighted by atomic mass is 10.0. The number of hydrogen-bond donors (Lipinski definition) is 2. The second kappa shape index (κ2) is 15.0. The standard InChI is InChI=1S/C30H26O12/c1-39-27(35)23-12-6-7-13-24(23)29(37)41-17-18(42-30(38)22-11-5-3-9-20(22)26(34)15-32)16-40-28(36)21-10-4-2-8-19(21)25(33)14-31/h2-13,18,31-32H,14-17H2,1H3. The second-order valence-corrected chi connectivity index (χ2v) is 8.52. The highest BCUT2D eigenvalue weighted by Gasteiger charge is 2.26. The summed E-state index contributed by atoms with van der Waals surface area (Å²) in [4.78, 5) is 74.9. The molecule has 0 saturated heterocycles. The molecule has 0 heterocycles. The van der Waals surface area contributed by atoms with Crippen molar-refractivity contribution in [2.24, 2.45) is 0 Å². The molecule has 42 heavy (non-hydrogen) atoms. The summed E-state index contributed by atoms with van der Waals surface area (Å²) in [5.74, 6) is -5.28. The molecule has 0 spiro atoms. The van der Waals surface area contributed by atoms with Gasteiger partial charge in [0.25, 0.3) is 0 Å². The number of carbonyl (C=O) groups is 6. The van der Waals surface area contributed by atoms with Gasteiger partial charge >= 0.3 is 23.9 Å². The molecule has 3 rings (SSSR count). The zero-order chi connectivity index (χ0) is 30.6. The number of methoxy groups -OCH3 is 1. The van der Waals surface area contributed by atoms with Gasteiger partial charge in [0.1, 0.15) is 26.4 Å². The number of carbonyl (C=O) groups excluding carboxylic acids is 6. The molecule has 1 unspecified atom stereocenters. The van der Waals surface area contributed by atoms with E-state index in [9.17, 15) is 39.0 Å². The Morgan fingerprint density at radius 1 is 0.548 bits per heavy atom. The SMILES string of the molecule is COC(=O)c1ccccc1C(=O)OCC(COC(=O)c1ccccc1C(=O)CO)OC(=O)c1ccccc1C(=O)CO. The van der Waals surface area contributed by atoms with Gasteiger partial charge in [0.15, 0.2) is 17.7 Å². The number of aliphatic hydroxyl groups is 2. The smallest absolute Gasteiger partial charge is 0.339 e. The highest BCUT2D eigenvalue weighted by atomic mass is 16.6. The first-order valence-corrected chi connectivity index (χ1v) is 12.4. The summed E-state index contributed by atoms with van der Waals surface area (Å²) in [6.07, 6.45) is -1.42. The number of benzene rings is 3. The van der Waals surface area contributed by atoms with Crippen molar-refractivity contribution in [3.8, 4) is 0 Å². The Bertz CT molecular complexity index is 1420. The molecule has 3 aromatic carbocycles. The Morgan fingerprint density at radius 3 is 1.26 bits per heavy atom. The molecule has 3 aromatic rings. The van der Waals surface area contributed by atoms with Gasteiger partial charge in [0, 0.05) is 11.1 Å². The molecule has 1 atom stereocenters. The monoisotopic (exact) mass is 578 g/mol. The Labute approximate surface area is 239 Å². The average Bonchev–Trinajstić information content (AvgIpc) is 3.04. The number of hydrogen-bond acceptors (Lipinski definition) is 12. The molecule has 0 radical (unpaired) electrons. The quantitative estimate of drug-likeness (QED) is 0.171. The van der Waals surface area contributed by atoms with Crippen molar-refractivity contribution < 1.29 is 57.9 Å². The lowest BCUT2D eigenvalue weighted by Crippen LogP contribution is -2.32. The molecule has 0 bridgehead atoms. The van der Waals surface area contributed by atoms with Crippen LogP contribution in [0, 0.1) is 0 Å². The Balaban J connectivity index is 1.84. The van der Waals surface area contributed by atoms with Crippen LogP contribution >= 0.6 is 0 Å². The Morgan fingerprint density at radius 2 is 0.881 bits per heavy atom. The van der Waals surface area contributed by atoms with Crippen LogP contribution in [0.3, 0.4) is 0 Å². The number of esters is 4. The van der Waals surface area contributed by atoms with Crippen molar-refractivity contribution in [2.75, 3.05) is 33.5 Å². The van der Waals surface area contributed by atoms with Gasteiger partial charge in [0.05, 0.1) is 29.4 Å². The van der Waals surface area contributed by atoms with E-state index in [4.69, 9.17) is 14.2 Å². The molecule has 0 aliphatic rings. The summed E-state index contributed by atoms with van der Waals surface area (Å²) >= 11 is 0. The Hall–Kier alpha value is -5.20. The summed E-state index contributed by atoms with van der Waals surface area (Å²) < 4.78 is 20.6. The fourth-order valence-corrected chi connectivity index (χ4v) is 3.75. The molecular weight excluding hydrogens is 552 g/mol. The Kier molecular flexibility index (Phi) is 11.2. The van der Waals surface area contributed by atoms with E-state index >= 15 is 0 Å². The number of aliphatic hydroxyl groups excluding tert-OH is 2. The maximum absolute atomic E-state index is 13.0. The third kappa shape index (κ3) is 7.71. The minimum Gasteiger partial charge on any atom is -0.465 e. The maximum Gasteiger partial charge on any atom is 0.339 e. The van der Waals surface area contributed by atoms with E-state index in [-0.39, 0.29) is 33.4 Å². The summed E-state index contributed by atoms with van der Waals surface area (Å²) in [6, 6.07) is 16.8. The normalized spacial score (nSPS) is 11.1. The van der Waals surface area contributed by atoms with Crippen LogP contribution in [-0.4, -0.2) is 85.3 Å². The number of Topliss-reactive ketones (excluding diaryl/α,β-unsaturated/α-hetero) is 2. The molecule has 0 aliphatic heterocycles. The van der Waals surface area contributed by atoms with E-state index in [0.29, 0.717) is 0 Å². The van der Waals surface area contributed by atoms with Crippen LogP contribution in [0.5, 0.6) is 0 Å². The summed E-state index contributed by atoms with van der Waals surface area (Å²) in [5.41, 5.74) is -0.797. The van der Waals surface area contributed by atoms with E-state index in [0.717, 1.165) is 7.11 Å². The number of ether oxygens (including phenoxy) is 4. The van der Waals surface area contributed by atoms with E-state index in [1.165, 1.54) is 72.8 Å². The maximum atomic E-state index is 13.0. The van der Waals surface area contributed by atoms with Crippen LogP contribution in [0.2, 0.25) is 0 Å². The largest absolute Gasteiger partial charge is 0.465 e. The lowest BCUT2D eigenvalue weighted by molar-refractivity contribution is -0.0255. The molecule has 0 fully saturated rings. The van der Waals surface area contributed by atoms with E-state index in [2.05, 4.69) is 4.74 Å². The van der Waals surface area contributed by atoms with Gasteiger partial charge in [-0.15, -0.1) is 0 Å². The van der Waals surface area contributed by atoms with E-state index in [1.54, 1.807) is 0 Å². The van der Waals surface area contributed by atoms with Crippen molar-refractivity contribution in [2.45, 2.75) is 6.10 Å². The van der Waals surface area contributed by atoms with Gasteiger partial charge in [0.2, 0.25) is 0 Å². The molecular formula is C30H26O12. The first-order chi connectivity index (χ1) is 20.2. The van der Waals surface area contributed by atoms with Crippen molar-refractivity contribution in [1.82, 2.24) is 0 Å². The van der Waals surface area contributed by atoms with Gasteiger partial charge < -0.3 is 29.2 Å². The molecule has 218 valence electrons. The second-order valence-electron chi connectivity index (χ2n) is 8.52. The first-order valence-electron chi connectivity index (χ1n) is 12.4. The number of rotatable bonds is 13. The highest BCUT2D eigenvalue weighted by molar-refractivity contribution is 6.08. The van der Waals surface area contributed by atoms with Gasteiger partial charge in [-0.1, -0.05) is 48.5 Å². The predicted molar refractivity (Wildman–Crippen MR) is 143 cm³/mol. The fraction of sp³-hybridized carbons (Fsp3) is 0.200. The number of ketones is 2. The van der Waals surface area contributed by atoms with E-state index < -0.39 is 68.0 Å². The molecule has 0 aliphatic carbocycles. The van der Waals surface area contributed by atoms with Crippen LogP contribution in [0.4, 0.5) is 0 Å². The van der Waals surface area contributed by atoms with Gasteiger partial charge in [-0.25, -0.2) is 19.2 Å². The minimum absolute atomic E-state index is 0.0772. The van der Waals surface area contributed by atoms with Crippen LogP contribution in [0.15, 0.2) is 72.8 Å². The molecule has 12 heteroatoms. The minimum atomic E-state index is -1.42.